The molecular weight excluding hydrogens is 230 g/mol. The normalized spacial score (nSPS) is 32.9. The first-order valence-electron chi connectivity index (χ1n) is 5.43. The molecule has 90 valence electrons. The Morgan fingerprint density at radius 3 is 2.67 bits per heavy atom. The van der Waals surface area contributed by atoms with Gasteiger partial charge in [0.15, 0.2) is 0 Å². The van der Waals surface area contributed by atoms with Crippen LogP contribution < -0.4 is 5.73 Å². The summed E-state index contributed by atoms with van der Waals surface area (Å²) in [6.45, 7) is 2.25. The lowest BCUT2D eigenvalue weighted by Gasteiger charge is -2.31. The van der Waals surface area contributed by atoms with Crippen LogP contribution in [0, 0.1) is 5.92 Å². The molecule has 0 bridgehead atoms. The van der Waals surface area contributed by atoms with Crippen LogP contribution in [0.5, 0.6) is 0 Å². The van der Waals surface area contributed by atoms with Gasteiger partial charge in [0.2, 0.25) is 0 Å². The van der Waals surface area contributed by atoms with E-state index in [1.807, 2.05) is 0 Å². The van der Waals surface area contributed by atoms with Crippen molar-refractivity contribution < 1.29 is 8.42 Å². The molecular formula is C10H21NO2S2. The Kier molecular flexibility index (Phi) is 4.93. The molecule has 1 aliphatic rings. The van der Waals surface area contributed by atoms with Crippen LogP contribution in [0.25, 0.3) is 0 Å². The molecule has 0 aromatic rings. The fourth-order valence-corrected chi connectivity index (χ4v) is 4.64. The molecule has 2 N–H and O–H groups in total. The van der Waals surface area contributed by atoms with E-state index in [9.17, 15) is 8.42 Å². The molecule has 0 spiro atoms. The van der Waals surface area contributed by atoms with E-state index in [4.69, 9.17) is 5.73 Å². The zero-order valence-corrected chi connectivity index (χ0v) is 11.1. The van der Waals surface area contributed by atoms with Crippen molar-refractivity contribution in [2.45, 2.75) is 37.5 Å². The van der Waals surface area contributed by atoms with Gasteiger partial charge in [-0.15, -0.1) is 0 Å². The summed E-state index contributed by atoms with van der Waals surface area (Å²) >= 11 is 1.73. The molecule has 1 rings (SSSR count). The van der Waals surface area contributed by atoms with Gasteiger partial charge in [0, 0.05) is 23.3 Å². The number of sulfone groups is 1. The Morgan fingerprint density at radius 2 is 2.07 bits per heavy atom. The van der Waals surface area contributed by atoms with Gasteiger partial charge in [-0.2, -0.15) is 11.8 Å². The van der Waals surface area contributed by atoms with E-state index in [0.717, 1.165) is 18.8 Å². The Morgan fingerprint density at radius 1 is 1.40 bits per heavy atom. The highest BCUT2D eigenvalue weighted by molar-refractivity contribution is 8.01. The summed E-state index contributed by atoms with van der Waals surface area (Å²) in [4.78, 5) is 0. The zero-order chi connectivity index (χ0) is 11.5. The third kappa shape index (κ3) is 5.22. The minimum atomic E-state index is -2.82. The largest absolute Gasteiger partial charge is 0.327 e. The van der Waals surface area contributed by atoms with Crippen LogP contribution in [0.15, 0.2) is 0 Å². The smallest absolute Gasteiger partial charge is 0.148 e. The van der Waals surface area contributed by atoms with E-state index >= 15 is 0 Å². The third-order valence-corrected chi connectivity index (χ3v) is 5.51. The van der Waals surface area contributed by atoms with Gasteiger partial charge < -0.3 is 5.73 Å². The van der Waals surface area contributed by atoms with Crippen molar-refractivity contribution in [3.05, 3.63) is 0 Å². The molecule has 0 aromatic heterocycles. The number of hydrogen-bond donors (Lipinski definition) is 1. The van der Waals surface area contributed by atoms with Gasteiger partial charge in [-0.3, -0.25) is 0 Å². The molecule has 0 heterocycles. The van der Waals surface area contributed by atoms with Crippen molar-refractivity contribution in [3.8, 4) is 0 Å². The monoisotopic (exact) mass is 251 g/mol. The Balaban J connectivity index is 2.30. The van der Waals surface area contributed by atoms with Crippen LogP contribution >= 0.6 is 11.8 Å². The Labute approximate surface area is 97.1 Å². The maximum atomic E-state index is 11.0. The Hall–Kier alpha value is 0.260. The first-order valence-corrected chi connectivity index (χ1v) is 8.54. The number of hydrogen-bond acceptors (Lipinski definition) is 4. The highest BCUT2D eigenvalue weighted by Gasteiger charge is 2.26. The topological polar surface area (TPSA) is 60.2 Å². The highest BCUT2D eigenvalue weighted by Crippen LogP contribution is 2.31. The van der Waals surface area contributed by atoms with E-state index in [2.05, 4.69) is 6.92 Å². The maximum Gasteiger partial charge on any atom is 0.148 e. The first kappa shape index (κ1) is 13.3. The van der Waals surface area contributed by atoms with E-state index in [0.29, 0.717) is 11.0 Å². The quantitative estimate of drug-likeness (QED) is 0.817. The molecule has 0 radical (unpaired) electrons. The van der Waals surface area contributed by atoms with Crippen LogP contribution in [-0.4, -0.2) is 37.5 Å². The molecule has 0 saturated heterocycles. The molecule has 0 aromatic carbocycles. The van der Waals surface area contributed by atoms with Crippen molar-refractivity contribution in [1.29, 1.82) is 0 Å². The second-order valence-electron chi connectivity index (χ2n) is 4.62. The molecule has 1 saturated carbocycles. The summed E-state index contributed by atoms with van der Waals surface area (Å²) in [5, 5.41) is 0.454. The number of rotatable bonds is 4. The second kappa shape index (κ2) is 5.55. The van der Waals surface area contributed by atoms with E-state index in [1.165, 1.54) is 12.7 Å². The molecule has 15 heavy (non-hydrogen) atoms. The van der Waals surface area contributed by atoms with Crippen molar-refractivity contribution in [2.75, 3.05) is 17.8 Å². The zero-order valence-electron chi connectivity index (χ0n) is 9.48. The van der Waals surface area contributed by atoms with Crippen LogP contribution in [-0.2, 0) is 9.84 Å². The molecule has 1 fully saturated rings. The summed E-state index contributed by atoms with van der Waals surface area (Å²) in [7, 11) is -2.82. The van der Waals surface area contributed by atoms with Gasteiger partial charge in [0.1, 0.15) is 9.84 Å². The van der Waals surface area contributed by atoms with Gasteiger partial charge in [-0.25, -0.2) is 8.42 Å². The first-order chi connectivity index (χ1) is 6.88. The summed E-state index contributed by atoms with van der Waals surface area (Å²) in [6.07, 6.45) is 4.72. The minimum absolute atomic E-state index is 0.255. The third-order valence-electron chi connectivity index (χ3n) is 2.89. The van der Waals surface area contributed by atoms with E-state index in [1.54, 1.807) is 11.8 Å². The summed E-state index contributed by atoms with van der Waals surface area (Å²) in [5.74, 6) is 1.69. The van der Waals surface area contributed by atoms with Crippen molar-refractivity contribution >= 4 is 21.6 Å². The molecule has 0 amide bonds. The standard InChI is InChI=1S/C10H21NO2S2/c1-8-3-4-9(11)10(7-8)14-5-6-15(2,12)13/h8-10H,3-7,11H2,1-2H3. The van der Waals surface area contributed by atoms with Gasteiger partial charge in [-0.05, 0) is 25.2 Å². The maximum absolute atomic E-state index is 11.0. The lowest BCUT2D eigenvalue weighted by molar-refractivity contribution is 0.357. The van der Waals surface area contributed by atoms with Crippen molar-refractivity contribution in [2.24, 2.45) is 11.7 Å². The van der Waals surface area contributed by atoms with Gasteiger partial charge >= 0.3 is 0 Å². The van der Waals surface area contributed by atoms with Gasteiger partial charge in [0.25, 0.3) is 0 Å². The molecule has 0 aliphatic heterocycles. The molecule has 3 unspecified atom stereocenters. The summed E-state index contributed by atoms with van der Waals surface area (Å²) in [5.41, 5.74) is 6.02. The van der Waals surface area contributed by atoms with Gasteiger partial charge in [-0.1, -0.05) is 6.92 Å². The SMILES string of the molecule is CC1CCC(N)C(SCCS(C)(=O)=O)C1. The van der Waals surface area contributed by atoms with E-state index in [-0.39, 0.29) is 11.8 Å². The van der Waals surface area contributed by atoms with Crippen molar-refractivity contribution in [1.82, 2.24) is 0 Å². The van der Waals surface area contributed by atoms with E-state index < -0.39 is 9.84 Å². The molecule has 3 atom stereocenters. The van der Waals surface area contributed by atoms with Crippen molar-refractivity contribution in [3.63, 3.8) is 0 Å². The second-order valence-corrected chi connectivity index (χ2v) is 8.23. The molecule has 5 heteroatoms. The summed E-state index contributed by atoms with van der Waals surface area (Å²) in [6, 6.07) is 0.255. The predicted molar refractivity (Wildman–Crippen MR) is 66.9 cm³/mol. The fraction of sp³-hybridized carbons (Fsp3) is 1.00. The van der Waals surface area contributed by atoms with Crippen LogP contribution in [0.1, 0.15) is 26.2 Å². The number of nitrogens with two attached hydrogens (primary N) is 1. The lowest BCUT2D eigenvalue weighted by Crippen LogP contribution is -2.38. The van der Waals surface area contributed by atoms with Crippen LogP contribution in [0.3, 0.4) is 0 Å². The molecule has 3 nitrogen and oxygen atoms in total. The number of thioether (sulfide) groups is 1. The average Bonchev–Trinajstić information content (AvgIpc) is 2.09. The van der Waals surface area contributed by atoms with Crippen LogP contribution in [0.2, 0.25) is 0 Å². The summed E-state index contributed by atoms with van der Waals surface area (Å²) < 4.78 is 21.9. The van der Waals surface area contributed by atoms with Gasteiger partial charge in [0.05, 0.1) is 5.75 Å². The highest BCUT2D eigenvalue weighted by atomic mass is 32.2. The average molecular weight is 251 g/mol. The minimum Gasteiger partial charge on any atom is -0.327 e. The van der Waals surface area contributed by atoms with Crippen LogP contribution in [0.4, 0.5) is 0 Å². The Bertz CT molecular complexity index is 290. The predicted octanol–water partition coefficient (Wildman–Crippen LogP) is 1.28. The lowest BCUT2D eigenvalue weighted by atomic mass is 9.87. The molecule has 1 aliphatic carbocycles. The fourth-order valence-electron chi connectivity index (χ4n) is 1.89.